The summed E-state index contributed by atoms with van der Waals surface area (Å²) in [6.45, 7) is 2.05. The van der Waals surface area contributed by atoms with E-state index in [1.807, 2.05) is 55.5 Å². The third kappa shape index (κ3) is 4.71. The smallest absolute Gasteiger partial charge is 0.252 e. The molecular formula is C24H21ClN2O3S. The molecule has 0 spiro atoms. The number of hydrogen-bond donors (Lipinski definition) is 1. The molecule has 158 valence electrons. The molecule has 5 nitrogen and oxygen atoms in total. The second-order valence-electron chi connectivity index (χ2n) is 7.43. The van der Waals surface area contributed by atoms with E-state index in [0.717, 1.165) is 22.0 Å². The van der Waals surface area contributed by atoms with Crippen molar-refractivity contribution in [3.8, 4) is 0 Å². The van der Waals surface area contributed by atoms with Crippen LogP contribution in [0.5, 0.6) is 0 Å². The summed E-state index contributed by atoms with van der Waals surface area (Å²) in [7, 11) is -3.87. The number of pyridine rings is 1. The number of benzene rings is 3. The largest absolute Gasteiger partial charge is 0.322 e. The molecule has 1 N–H and O–H groups in total. The molecule has 31 heavy (non-hydrogen) atoms. The molecule has 7 heteroatoms. The number of aryl methyl sites for hydroxylation is 1. The molecule has 1 heterocycles. The second-order valence-corrected chi connectivity index (χ2v) is 9.80. The first-order valence-electron chi connectivity index (χ1n) is 9.75. The van der Waals surface area contributed by atoms with Crippen molar-refractivity contribution in [2.75, 3.05) is 0 Å². The minimum atomic E-state index is -3.87. The molecule has 0 bridgehead atoms. The Balaban J connectivity index is 1.77. The summed E-state index contributed by atoms with van der Waals surface area (Å²) in [5.74, 6) is 0. The molecule has 3 aromatic carbocycles. The van der Waals surface area contributed by atoms with E-state index in [0.29, 0.717) is 10.6 Å². The van der Waals surface area contributed by atoms with Gasteiger partial charge in [0.25, 0.3) is 5.56 Å². The number of aromatic amines is 1. The second kappa shape index (κ2) is 8.67. The molecule has 0 saturated carbocycles. The minimum Gasteiger partial charge on any atom is -0.322 e. The van der Waals surface area contributed by atoms with E-state index >= 15 is 0 Å². The third-order valence-corrected chi connectivity index (χ3v) is 7.13. The van der Waals surface area contributed by atoms with E-state index in [9.17, 15) is 13.2 Å². The molecule has 0 atom stereocenters. The summed E-state index contributed by atoms with van der Waals surface area (Å²) in [5.41, 5.74) is 2.68. The predicted octanol–water partition coefficient (Wildman–Crippen LogP) is 4.88. The minimum absolute atomic E-state index is 0.0565. The third-order valence-electron chi connectivity index (χ3n) is 5.08. The molecule has 0 aliphatic heterocycles. The molecule has 0 aliphatic rings. The van der Waals surface area contributed by atoms with E-state index in [-0.39, 0.29) is 23.5 Å². The van der Waals surface area contributed by atoms with Gasteiger partial charge < -0.3 is 4.98 Å². The SMILES string of the molecule is Cc1ccc2[nH]c(=O)c(CN(Cc3ccccc3)S(=O)(=O)c3ccc(Cl)cc3)cc2c1. The van der Waals surface area contributed by atoms with Crippen molar-refractivity contribution in [2.45, 2.75) is 24.9 Å². The number of nitrogens with one attached hydrogen (secondary N) is 1. The molecule has 0 saturated heterocycles. The normalized spacial score (nSPS) is 11.8. The number of H-pyrrole nitrogens is 1. The Morgan fingerprint density at radius 2 is 1.61 bits per heavy atom. The van der Waals surface area contributed by atoms with Crippen molar-refractivity contribution >= 4 is 32.5 Å². The van der Waals surface area contributed by atoms with Gasteiger partial charge in [-0.05, 0) is 60.3 Å². The van der Waals surface area contributed by atoms with E-state index in [1.165, 1.54) is 16.4 Å². The Labute approximate surface area is 186 Å². The van der Waals surface area contributed by atoms with Gasteiger partial charge in [-0.2, -0.15) is 4.31 Å². The molecule has 0 amide bonds. The highest BCUT2D eigenvalue weighted by molar-refractivity contribution is 7.89. The van der Waals surface area contributed by atoms with Crippen molar-refractivity contribution < 1.29 is 8.42 Å². The van der Waals surface area contributed by atoms with Gasteiger partial charge in [-0.15, -0.1) is 0 Å². The molecule has 4 aromatic rings. The topological polar surface area (TPSA) is 70.2 Å². The summed E-state index contributed by atoms with van der Waals surface area (Å²) in [6, 6.07) is 22.8. The van der Waals surface area contributed by atoms with E-state index in [1.54, 1.807) is 18.2 Å². The first kappa shape index (κ1) is 21.3. The number of nitrogens with zero attached hydrogens (tertiary/aromatic N) is 1. The summed E-state index contributed by atoms with van der Waals surface area (Å²) in [4.78, 5) is 15.7. The highest BCUT2D eigenvalue weighted by Gasteiger charge is 2.26. The standard InChI is InChI=1S/C24H21ClN2O3S/c1-17-7-12-23-19(13-17)14-20(24(28)26-23)16-27(15-18-5-3-2-4-6-18)31(29,30)22-10-8-21(25)9-11-22/h2-14H,15-16H2,1H3,(H,26,28). The molecule has 0 radical (unpaired) electrons. The maximum absolute atomic E-state index is 13.5. The van der Waals surface area contributed by atoms with Crippen molar-refractivity contribution in [1.82, 2.24) is 9.29 Å². The van der Waals surface area contributed by atoms with Crippen LogP contribution in [0.3, 0.4) is 0 Å². The Hall–Kier alpha value is -2.93. The molecule has 1 aromatic heterocycles. The number of aromatic nitrogens is 1. The Bertz CT molecular complexity index is 1380. The van der Waals surface area contributed by atoms with E-state index in [2.05, 4.69) is 4.98 Å². The van der Waals surface area contributed by atoms with Gasteiger partial charge in [0.1, 0.15) is 0 Å². The lowest BCUT2D eigenvalue weighted by Crippen LogP contribution is -2.32. The van der Waals surface area contributed by atoms with Crippen molar-refractivity contribution in [3.63, 3.8) is 0 Å². The highest BCUT2D eigenvalue weighted by Crippen LogP contribution is 2.23. The van der Waals surface area contributed by atoms with Gasteiger partial charge in [0.05, 0.1) is 4.90 Å². The summed E-state index contributed by atoms with van der Waals surface area (Å²) in [6.07, 6.45) is 0. The fourth-order valence-corrected chi connectivity index (χ4v) is 4.98. The highest BCUT2D eigenvalue weighted by atomic mass is 35.5. The van der Waals surface area contributed by atoms with Gasteiger partial charge in [-0.3, -0.25) is 4.79 Å². The number of halogens is 1. The molecule has 0 aliphatic carbocycles. The molecule has 0 unspecified atom stereocenters. The summed E-state index contributed by atoms with van der Waals surface area (Å²) < 4.78 is 28.2. The molecular weight excluding hydrogens is 432 g/mol. The number of sulfonamides is 1. The quantitative estimate of drug-likeness (QED) is 0.453. The maximum Gasteiger partial charge on any atom is 0.252 e. The average Bonchev–Trinajstić information content (AvgIpc) is 2.75. The van der Waals surface area contributed by atoms with Gasteiger partial charge in [-0.1, -0.05) is 53.6 Å². The number of hydrogen-bond acceptors (Lipinski definition) is 3. The van der Waals surface area contributed by atoms with Crippen LogP contribution >= 0.6 is 11.6 Å². The van der Waals surface area contributed by atoms with Crippen LogP contribution in [-0.2, 0) is 23.1 Å². The van der Waals surface area contributed by atoms with Crippen molar-refractivity contribution in [1.29, 1.82) is 0 Å². The zero-order valence-corrected chi connectivity index (χ0v) is 18.5. The first-order chi connectivity index (χ1) is 14.8. The zero-order valence-electron chi connectivity index (χ0n) is 16.9. The van der Waals surface area contributed by atoms with E-state index in [4.69, 9.17) is 11.6 Å². The van der Waals surface area contributed by atoms with Crippen LogP contribution in [0.1, 0.15) is 16.7 Å². The predicted molar refractivity (Wildman–Crippen MR) is 124 cm³/mol. The van der Waals surface area contributed by atoms with E-state index < -0.39 is 10.0 Å². The van der Waals surface area contributed by atoms with Crippen LogP contribution in [0.15, 0.2) is 88.6 Å². The maximum atomic E-state index is 13.5. The van der Waals surface area contributed by atoms with Gasteiger partial charge >= 0.3 is 0 Å². The zero-order chi connectivity index (χ0) is 22.0. The van der Waals surface area contributed by atoms with Crippen LogP contribution in [0.25, 0.3) is 10.9 Å². The lowest BCUT2D eigenvalue weighted by atomic mass is 10.1. The molecule has 4 rings (SSSR count). The van der Waals surface area contributed by atoms with Crippen LogP contribution in [-0.4, -0.2) is 17.7 Å². The lowest BCUT2D eigenvalue weighted by Gasteiger charge is -2.22. The first-order valence-corrected chi connectivity index (χ1v) is 11.6. The van der Waals surface area contributed by atoms with Crippen LogP contribution in [0.4, 0.5) is 0 Å². The summed E-state index contributed by atoms with van der Waals surface area (Å²) in [5, 5.41) is 1.31. The average molecular weight is 453 g/mol. The van der Waals surface area contributed by atoms with Crippen molar-refractivity contribution in [2.24, 2.45) is 0 Å². The van der Waals surface area contributed by atoms with Crippen LogP contribution in [0.2, 0.25) is 5.02 Å². The van der Waals surface area contributed by atoms with Gasteiger partial charge in [0.2, 0.25) is 10.0 Å². The van der Waals surface area contributed by atoms with Crippen LogP contribution in [0, 0.1) is 6.92 Å². The Morgan fingerprint density at radius 3 is 2.32 bits per heavy atom. The van der Waals surface area contributed by atoms with Crippen LogP contribution < -0.4 is 5.56 Å². The number of rotatable bonds is 6. The number of fused-ring (bicyclic) bond motifs is 1. The fraction of sp³-hybridized carbons (Fsp3) is 0.125. The lowest BCUT2D eigenvalue weighted by molar-refractivity contribution is 0.400. The van der Waals surface area contributed by atoms with Crippen molar-refractivity contribution in [3.05, 3.63) is 111 Å². The van der Waals surface area contributed by atoms with Gasteiger partial charge in [0.15, 0.2) is 0 Å². The summed E-state index contributed by atoms with van der Waals surface area (Å²) >= 11 is 5.94. The van der Waals surface area contributed by atoms with Gasteiger partial charge in [0, 0.05) is 29.2 Å². The van der Waals surface area contributed by atoms with Gasteiger partial charge in [-0.25, -0.2) is 8.42 Å². The Kier molecular flexibility index (Phi) is 5.96. The fourth-order valence-electron chi connectivity index (χ4n) is 3.45. The monoisotopic (exact) mass is 452 g/mol. The molecule has 0 fully saturated rings. The Morgan fingerprint density at radius 1 is 0.903 bits per heavy atom.